The van der Waals surface area contributed by atoms with Gasteiger partial charge in [0, 0.05) is 0 Å². The maximum Gasteiger partial charge on any atom is 0.673 e. The average Bonchev–Trinajstić information content (AvgIpc) is 2.51. The summed E-state index contributed by atoms with van der Waals surface area (Å²) in [7, 11) is -11.6. The second-order valence-corrected chi connectivity index (χ2v) is 9.75. The predicted molar refractivity (Wildman–Crippen MR) is 96.2 cm³/mol. The van der Waals surface area contributed by atoms with Crippen molar-refractivity contribution in [3.8, 4) is 0 Å². The standard InChI is InChI=1S/C15H29P.2BF4/c1-2-13-16(14-9-5-3-6-10-14)15-11-7-4-8-12-15;2*2-1(3,4)5/h14-15H,2-13H2,1H3;;/q;2*-1. The second-order valence-electron chi connectivity index (χ2n) is 6.81. The van der Waals surface area contributed by atoms with E-state index in [1.807, 2.05) is 0 Å². The fourth-order valence-corrected chi connectivity index (χ4v) is 7.65. The molecule has 0 unspecified atom stereocenters. The minimum atomic E-state index is -6.00. The molecule has 0 radical (unpaired) electrons. The molecule has 0 amide bonds. The SMILES string of the molecule is CCCP(C1CCCCC1)C1CCCCC1.F[B-](F)(F)F.F[B-](F)(F)F. The fraction of sp³-hybridized carbons (Fsp3) is 1.00. The molecule has 26 heavy (non-hydrogen) atoms. The zero-order chi connectivity index (χ0) is 20.2. The first kappa shape index (κ1) is 26.0. The minimum Gasteiger partial charge on any atom is -0.418 e. The van der Waals surface area contributed by atoms with Gasteiger partial charge >= 0.3 is 14.5 Å². The molecule has 0 spiro atoms. The maximum absolute atomic E-state index is 9.75. The van der Waals surface area contributed by atoms with Crippen LogP contribution in [-0.4, -0.2) is 32.0 Å². The van der Waals surface area contributed by atoms with Crippen LogP contribution in [0.15, 0.2) is 0 Å². The Morgan fingerprint density at radius 2 is 0.885 bits per heavy atom. The Kier molecular flexibility index (Phi) is 13.2. The van der Waals surface area contributed by atoms with E-state index in [0.717, 1.165) is 0 Å². The van der Waals surface area contributed by atoms with Gasteiger partial charge in [0.15, 0.2) is 0 Å². The van der Waals surface area contributed by atoms with E-state index in [4.69, 9.17) is 0 Å². The minimum absolute atomic E-state index is 0.403. The number of halogens is 8. The van der Waals surface area contributed by atoms with Gasteiger partial charge in [-0.1, -0.05) is 51.9 Å². The number of hydrogen-bond acceptors (Lipinski definition) is 0. The number of rotatable bonds is 4. The molecule has 0 saturated heterocycles. The van der Waals surface area contributed by atoms with Crippen molar-refractivity contribution < 1.29 is 34.5 Å². The molecule has 2 rings (SSSR count). The molecule has 0 aromatic rings. The van der Waals surface area contributed by atoms with Gasteiger partial charge in [-0.15, -0.1) is 7.92 Å². The summed E-state index contributed by atoms with van der Waals surface area (Å²) < 4.78 is 78.0. The van der Waals surface area contributed by atoms with Crippen LogP contribution in [-0.2, 0) is 0 Å². The zero-order valence-corrected chi connectivity index (χ0v) is 16.2. The Bertz CT molecular complexity index is 298. The van der Waals surface area contributed by atoms with E-state index in [0.29, 0.717) is 7.92 Å². The molecule has 2 saturated carbocycles. The normalized spacial score (nSPS) is 20.1. The van der Waals surface area contributed by atoms with Crippen molar-refractivity contribution in [2.45, 2.75) is 88.9 Å². The first-order valence-corrected chi connectivity index (χ1v) is 11.1. The van der Waals surface area contributed by atoms with Crippen molar-refractivity contribution in [2.75, 3.05) is 6.16 Å². The molecular formula is C15H29B2F8P-2. The third-order valence-electron chi connectivity index (χ3n) is 4.57. The fourth-order valence-electron chi connectivity index (χ4n) is 3.75. The lowest BCUT2D eigenvalue weighted by atomic mass is 9.99. The lowest BCUT2D eigenvalue weighted by molar-refractivity contribution is 0.366. The van der Waals surface area contributed by atoms with Crippen molar-refractivity contribution in [3.05, 3.63) is 0 Å². The van der Waals surface area contributed by atoms with Crippen LogP contribution in [0, 0.1) is 0 Å². The number of hydrogen-bond donors (Lipinski definition) is 0. The van der Waals surface area contributed by atoms with Crippen molar-refractivity contribution in [1.82, 2.24) is 0 Å². The molecule has 11 heteroatoms. The van der Waals surface area contributed by atoms with E-state index in [2.05, 4.69) is 6.92 Å². The predicted octanol–water partition coefficient (Wildman–Crippen LogP) is 8.14. The van der Waals surface area contributed by atoms with Gasteiger partial charge in [-0.3, -0.25) is 0 Å². The van der Waals surface area contributed by atoms with Crippen molar-refractivity contribution in [3.63, 3.8) is 0 Å². The zero-order valence-electron chi connectivity index (χ0n) is 15.3. The van der Waals surface area contributed by atoms with E-state index >= 15 is 0 Å². The van der Waals surface area contributed by atoms with Gasteiger partial charge in [0.1, 0.15) is 0 Å². The largest absolute Gasteiger partial charge is 0.673 e. The molecule has 0 N–H and O–H groups in total. The highest BCUT2D eigenvalue weighted by atomic mass is 31.1. The quantitative estimate of drug-likeness (QED) is 0.248. The van der Waals surface area contributed by atoms with Gasteiger partial charge in [-0.25, -0.2) is 0 Å². The molecule has 0 nitrogen and oxygen atoms in total. The summed E-state index contributed by atoms with van der Waals surface area (Å²) in [5, 5.41) is 0. The van der Waals surface area contributed by atoms with E-state index in [9.17, 15) is 34.5 Å². The van der Waals surface area contributed by atoms with Crippen molar-refractivity contribution in [1.29, 1.82) is 0 Å². The highest BCUT2D eigenvalue weighted by molar-refractivity contribution is 7.59. The van der Waals surface area contributed by atoms with Gasteiger partial charge in [0.05, 0.1) is 0 Å². The third-order valence-corrected chi connectivity index (χ3v) is 8.44. The molecule has 0 aromatic carbocycles. The summed E-state index contributed by atoms with van der Waals surface area (Å²) in [5.41, 5.74) is 2.35. The van der Waals surface area contributed by atoms with E-state index in [1.54, 1.807) is 57.5 Å². The Balaban J connectivity index is 0.000000520. The topological polar surface area (TPSA) is 0 Å². The first-order chi connectivity index (χ1) is 11.9. The second kappa shape index (κ2) is 13.2. The molecule has 2 aliphatic rings. The molecule has 158 valence electrons. The molecule has 2 aliphatic carbocycles. The van der Waals surface area contributed by atoms with E-state index < -0.39 is 14.5 Å². The van der Waals surface area contributed by atoms with Crippen LogP contribution in [0.4, 0.5) is 34.5 Å². The molecular weight excluding hydrogens is 385 g/mol. The molecule has 0 atom stereocenters. The Morgan fingerprint density at radius 3 is 1.12 bits per heavy atom. The van der Waals surface area contributed by atoms with Crippen LogP contribution in [0.2, 0.25) is 0 Å². The van der Waals surface area contributed by atoms with Crippen LogP contribution in [0.5, 0.6) is 0 Å². The van der Waals surface area contributed by atoms with Crippen molar-refractivity contribution >= 4 is 22.4 Å². The van der Waals surface area contributed by atoms with Crippen molar-refractivity contribution in [2.24, 2.45) is 0 Å². The lowest BCUT2D eigenvalue weighted by Gasteiger charge is -2.38. The first-order valence-electron chi connectivity index (χ1n) is 9.42. The maximum atomic E-state index is 9.75. The summed E-state index contributed by atoms with van der Waals surface area (Å²) in [6, 6.07) is 0. The van der Waals surface area contributed by atoms with E-state index in [1.165, 1.54) is 30.6 Å². The molecule has 0 bridgehead atoms. The average molecular weight is 414 g/mol. The molecule has 2 fully saturated rings. The van der Waals surface area contributed by atoms with E-state index in [-0.39, 0.29) is 0 Å². The van der Waals surface area contributed by atoms with Gasteiger partial charge in [0.25, 0.3) is 0 Å². The van der Waals surface area contributed by atoms with Gasteiger partial charge in [-0.2, -0.15) is 0 Å². The molecule has 0 aromatic heterocycles. The van der Waals surface area contributed by atoms with Crippen LogP contribution >= 0.6 is 7.92 Å². The Hall–Kier alpha value is -0.000130. The summed E-state index contributed by atoms with van der Waals surface area (Å²) in [5.74, 6) is 0. The van der Waals surface area contributed by atoms with Gasteiger partial charge < -0.3 is 34.5 Å². The highest BCUT2D eigenvalue weighted by Gasteiger charge is 2.29. The smallest absolute Gasteiger partial charge is 0.418 e. The highest BCUT2D eigenvalue weighted by Crippen LogP contribution is 2.55. The summed E-state index contributed by atoms with van der Waals surface area (Å²) in [4.78, 5) is 0. The van der Waals surface area contributed by atoms with Crippen LogP contribution in [0.25, 0.3) is 0 Å². The van der Waals surface area contributed by atoms with Crippen LogP contribution in [0.3, 0.4) is 0 Å². The van der Waals surface area contributed by atoms with Gasteiger partial charge in [0.2, 0.25) is 0 Å². The molecule has 0 aliphatic heterocycles. The Labute approximate surface area is 152 Å². The monoisotopic (exact) mass is 414 g/mol. The summed E-state index contributed by atoms with van der Waals surface area (Å²) in [6.07, 6.45) is 18.6. The van der Waals surface area contributed by atoms with Gasteiger partial charge in [-0.05, 0) is 43.2 Å². The Morgan fingerprint density at radius 1 is 0.615 bits per heavy atom. The lowest BCUT2D eigenvalue weighted by Crippen LogP contribution is -2.21. The molecule has 0 heterocycles. The summed E-state index contributed by atoms with van der Waals surface area (Å²) in [6.45, 7) is 2.40. The third kappa shape index (κ3) is 17.4. The van der Waals surface area contributed by atoms with Crippen LogP contribution in [0.1, 0.15) is 77.6 Å². The summed E-state index contributed by atoms with van der Waals surface area (Å²) >= 11 is 0. The van der Waals surface area contributed by atoms with Crippen LogP contribution < -0.4 is 0 Å².